The summed E-state index contributed by atoms with van der Waals surface area (Å²) in [6.07, 6.45) is 1.46. The Morgan fingerprint density at radius 2 is 2.09 bits per heavy atom. The van der Waals surface area contributed by atoms with Crippen molar-refractivity contribution in [1.82, 2.24) is 9.55 Å². The molecule has 1 aliphatic heterocycles. The maximum absolute atomic E-state index is 12.3. The quantitative estimate of drug-likeness (QED) is 0.241. The van der Waals surface area contributed by atoms with Gasteiger partial charge in [0.15, 0.2) is 6.23 Å². The van der Waals surface area contributed by atoms with E-state index >= 15 is 0 Å². The zero-order chi connectivity index (χ0) is 24.6. The van der Waals surface area contributed by atoms with Crippen LogP contribution in [0.4, 0.5) is 0 Å². The molecular formula is C21H34N3O8P. The molecule has 1 aliphatic rings. The number of nitrogens with one attached hydrogen (secondary N) is 1. The van der Waals surface area contributed by atoms with E-state index in [4.69, 9.17) is 24.5 Å². The van der Waals surface area contributed by atoms with E-state index in [-0.39, 0.29) is 30.5 Å². The van der Waals surface area contributed by atoms with E-state index in [9.17, 15) is 18.9 Å². The summed E-state index contributed by atoms with van der Waals surface area (Å²) in [5, 5.41) is 0. The molecule has 0 radical (unpaired) electrons. The molecule has 1 saturated heterocycles. The monoisotopic (exact) mass is 487 g/mol. The van der Waals surface area contributed by atoms with Crippen LogP contribution >= 0.6 is 8.69 Å². The molecule has 11 nitrogen and oxygen atoms in total. The van der Waals surface area contributed by atoms with E-state index in [0.717, 1.165) is 0 Å². The zero-order valence-corrected chi connectivity index (χ0v) is 20.4. The molecule has 1 aromatic rings. The summed E-state index contributed by atoms with van der Waals surface area (Å²) >= 11 is 0. The van der Waals surface area contributed by atoms with Gasteiger partial charge >= 0.3 is 20.3 Å². The normalized spacial score (nSPS) is 26.1. The minimum absolute atomic E-state index is 0.00999. The van der Waals surface area contributed by atoms with Crippen LogP contribution in [-0.2, 0) is 28.1 Å². The molecule has 0 aliphatic carbocycles. The van der Waals surface area contributed by atoms with Crippen molar-refractivity contribution < 1.29 is 28.1 Å². The van der Waals surface area contributed by atoms with E-state index in [1.165, 1.54) is 16.8 Å². The Bertz CT molecular complexity index is 900. The molecule has 3 N–H and O–H groups in total. The van der Waals surface area contributed by atoms with Crippen LogP contribution in [0.3, 0.4) is 0 Å². The molecule has 1 unspecified atom stereocenters. The van der Waals surface area contributed by atoms with Gasteiger partial charge in [-0.25, -0.2) is 9.36 Å². The van der Waals surface area contributed by atoms with Crippen molar-refractivity contribution in [2.45, 2.75) is 70.9 Å². The molecule has 186 valence electrons. The van der Waals surface area contributed by atoms with Gasteiger partial charge in [-0.05, 0) is 40.0 Å². The number of aromatic amines is 1. The predicted molar refractivity (Wildman–Crippen MR) is 120 cm³/mol. The number of nitrogens with two attached hydrogens (primary N) is 1. The number of aromatic nitrogens is 2. The zero-order valence-electron chi connectivity index (χ0n) is 19.5. The van der Waals surface area contributed by atoms with Crippen molar-refractivity contribution in [2.75, 3.05) is 19.8 Å². The number of rotatable bonds is 13. The van der Waals surface area contributed by atoms with Crippen molar-refractivity contribution in [2.24, 2.45) is 17.6 Å². The van der Waals surface area contributed by atoms with E-state index in [0.29, 0.717) is 32.5 Å². The topological polar surface area (TPSA) is 152 Å². The summed E-state index contributed by atoms with van der Waals surface area (Å²) in [5.41, 5.74) is 4.44. The van der Waals surface area contributed by atoms with Gasteiger partial charge in [0, 0.05) is 31.4 Å². The van der Waals surface area contributed by atoms with E-state index < -0.39 is 37.8 Å². The number of hydrogen-bond acceptors (Lipinski definition) is 9. The number of hydrogen-bond donors (Lipinski definition) is 2. The van der Waals surface area contributed by atoms with Crippen LogP contribution in [-0.4, -0.2) is 53.1 Å². The molecule has 33 heavy (non-hydrogen) atoms. The van der Waals surface area contributed by atoms with Gasteiger partial charge in [0.2, 0.25) is 0 Å². The number of ether oxygens (including phenoxy) is 3. The highest BCUT2D eigenvalue weighted by Gasteiger charge is 2.52. The molecule has 2 rings (SSSR count). The SMILES string of the molecule is CCC(CCOCC[C@@H]1[C@@H](COP=O)O[C@@H](n2ccc(=O)[nH]c2=O)[C@]1(C)N)C(=O)OC(C)C. The smallest absolute Gasteiger partial charge is 0.330 e. The van der Waals surface area contributed by atoms with Crippen molar-refractivity contribution in [3.05, 3.63) is 33.1 Å². The van der Waals surface area contributed by atoms with E-state index in [1.807, 2.05) is 20.8 Å². The lowest BCUT2D eigenvalue weighted by Gasteiger charge is -2.32. The van der Waals surface area contributed by atoms with Crippen LogP contribution in [0.2, 0.25) is 0 Å². The number of nitrogens with zero attached hydrogens (tertiary/aromatic N) is 1. The van der Waals surface area contributed by atoms with Gasteiger partial charge in [-0.2, -0.15) is 0 Å². The molecular weight excluding hydrogens is 453 g/mol. The number of H-pyrrole nitrogens is 1. The second-order valence-corrected chi connectivity index (χ2v) is 9.07. The summed E-state index contributed by atoms with van der Waals surface area (Å²) in [4.78, 5) is 38.0. The van der Waals surface area contributed by atoms with Gasteiger partial charge in [-0.1, -0.05) is 6.92 Å². The average molecular weight is 487 g/mol. The summed E-state index contributed by atoms with van der Waals surface area (Å²) in [6, 6.07) is 1.22. The molecule has 0 saturated carbocycles. The van der Waals surface area contributed by atoms with Gasteiger partial charge < -0.3 is 19.9 Å². The first kappa shape index (κ1) is 27.3. The van der Waals surface area contributed by atoms with Crippen LogP contribution in [0, 0.1) is 11.8 Å². The average Bonchev–Trinajstić information content (AvgIpc) is 2.98. The molecule has 5 atom stereocenters. The Morgan fingerprint density at radius 1 is 1.36 bits per heavy atom. The first-order valence-electron chi connectivity index (χ1n) is 11.1. The summed E-state index contributed by atoms with van der Waals surface area (Å²) in [6.45, 7) is 8.05. The van der Waals surface area contributed by atoms with Gasteiger partial charge in [0.1, 0.15) is 0 Å². The Labute approximate surface area is 194 Å². The van der Waals surface area contributed by atoms with Crippen LogP contribution in [0.25, 0.3) is 0 Å². The summed E-state index contributed by atoms with van der Waals surface area (Å²) < 4.78 is 34.1. The number of esters is 1. The Morgan fingerprint density at radius 3 is 2.70 bits per heavy atom. The predicted octanol–water partition coefficient (Wildman–Crippen LogP) is 1.77. The highest BCUT2D eigenvalue weighted by Crippen LogP contribution is 2.42. The highest BCUT2D eigenvalue weighted by molar-refractivity contribution is 7.17. The van der Waals surface area contributed by atoms with Crippen LogP contribution < -0.4 is 17.0 Å². The first-order chi connectivity index (χ1) is 15.6. The van der Waals surface area contributed by atoms with Crippen molar-refractivity contribution in [3.8, 4) is 0 Å². The molecule has 0 bridgehead atoms. The molecule has 0 aromatic carbocycles. The fourth-order valence-electron chi connectivity index (χ4n) is 4.08. The van der Waals surface area contributed by atoms with Crippen molar-refractivity contribution in [1.29, 1.82) is 0 Å². The largest absolute Gasteiger partial charge is 0.463 e. The van der Waals surface area contributed by atoms with Crippen LogP contribution in [0.5, 0.6) is 0 Å². The highest BCUT2D eigenvalue weighted by atomic mass is 31.1. The molecule has 0 amide bonds. The Kier molecular flexibility index (Phi) is 10.4. The van der Waals surface area contributed by atoms with Crippen molar-refractivity contribution >= 4 is 14.7 Å². The number of carbonyl (C=O) groups is 1. The van der Waals surface area contributed by atoms with Gasteiger partial charge in [-0.3, -0.25) is 23.7 Å². The maximum Gasteiger partial charge on any atom is 0.330 e. The van der Waals surface area contributed by atoms with Crippen molar-refractivity contribution in [3.63, 3.8) is 0 Å². The summed E-state index contributed by atoms with van der Waals surface area (Å²) in [7, 11) is -0.491. The second-order valence-electron chi connectivity index (χ2n) is 8.67. The Hall–Kier alpha value is -1.91. The molecule has 1 aromatic heterocycles. The van der Waals surface area contributed by atoms with Gasteiger partial charge in [0.25, 0.3) is 5.56 Å². The van der Waals surface area contributed by atoms with Gasteiger partial charge in [0.05, 0.1) is 30.3 Å². The van der Waals surface area contributed by atoms with E-state index in [1.54, 1.807) is 6.92 Å². The minimum Gasteiger partial charge on any atom is -0.463 e. The third-order valence-corrected chi connectivity index (χ3v) is 6.10. The molecule has 1 fully saturated rings. The first-order valence-corrected chi connectivity index (χ1v) is 11.8. The lowest BCUT2D eigenvalue weighted by Crippen LogP contribution is -2.51. The molecule has 0 spiro atoms. The summed E-state index contributed by atoms with van der Waals surface area (Å²) in [5.74, 6) is -0.746. The molecule has 2 heterocycles. The fraction of sp³-hybridized carbons (Fsp3) is 0.762. The minimum atomic E-state index is -1.01. The van der Waals surface area contributed by atoms with Crippen LogP contribution in [0.15, 0.2) is 21.9 Å². The van der Waals surface area contributed by atoms with E-state index in [2.05, 4.69) is 4.98 Å². The van der Waals surface area contributed by atoms with Gasteiger partial charge in [-0.15, -0.1) is 0 Å². The molecule has 12 heteroatoms. The Balaban J connectivity index is 2.01. The van der Waals surface area contributed by atoms with Crippen LogP contribution in [0.1, 0.15) is 53.2 Å². The third-order valence-electron chi connectivity index (χ3n) is 5.84. The lowest BCUT2D eigenvalue weighted by molar-refractivity contribution is -0.153. The third kappa shape index (κ3) is 7.28. The fourth-order valence-corrected chi connectivity index (χ4v) is 4.29. The number of carbonyl (C=O) groups excluding carboxylic acids is 1. The standard InChI is InChI=1S/C21H34N3O8P/c1-5-14(18(26)31-13(2)3)7-10-29-11-8-15-16(12-30-33-28)32-19(21(15,4)22)24-9-6-17(25)23-20(24)27/h6,9,13-16,19H,5,7-8,10-12,22H2,1-4H3,(H,23,25,27)/t14?,15-,16-,19-,21-/m1/s1. The maximum atomic E-state index is 12.3. The second kappa shape index (κ2) is 12.5. The lowest BCUT2D eigenvalue weighted by atomic mass is 9.82.